The second kappa shape index (κ2) is 5.47. The molecule has 0 aromatic heterocycles. The zero-order valence-electron chi connectivity index (χ0n) is 12.5. The Balaban J connectivity index is 2.12. The molecule has 1 amide bonds. The van der Waals surface area contributed by atoms with Crippen LogP contribution in [0, 0.1) is 23.1 Å². The smallest absolute Gasteiger partial charge is 0.307 e. The number of halogens is 1. The van der Waals surface area contributed by atoms with E-state index in [9.17, 15) is 14.0 Å². The summed E-state index contributed by atoms with van der Waals surface area (Å²) < 4.78 is 13.2. The van der Waals surface area contributed by atoms with E-state index >= 15 is 0 Å². The van der Waals surface area contributed by atoms with Gasteiger partial charge in [-0.2, -0.15) is 0 Å². The van der Waals surface area contributed by atoms with E-state index < -0.39 is 23.2 Å². The van der Waals surface area contributed by atoms with Gasteiger partial charge in [-0.3, -0.25) is 9.59 Å². The van der Waals surface area contributed by atoms with Gasteiger partial charge in [-0.05, 0) is 30.0 Å². The fraction of sp³-hybridized carbons (Fsp3) is 0.500. The molecule has 1 saturated carbocycles. The molecule has 114 valence electrons. The summed E-state index contributed by atoms with van der Waals surface area (Å²) in [5.74, 6) is -2.57. The lowest BCUT2D eigenvalue weighted by atomic mass is 10.1. The minimum atomic E-state index is -0.930. The van der Waals surface area contributed by atoms with Crippen molar-refractivity contribution >= 4 is 11.9 Å². The number of hydrogen-bond acceptors (Lipinski definition) is 2. The molecule has 1 fully saturated rings. The van der Waals surface area contributed by atoms with Crippen LogP contribution in [0.1, 0.15) is 26.3 Å². The van der Waals surface area contributed by atoms with Crippen LogP contribution in [-0.4, -0.2) is 28.4 Å². The molecular formula is C16H20FNO3. The molecule has 1 aromatic carbocycles. The van der Waals surface area contributed by atoms with Gasteiger partial charge in [0.05, 0.1) is 11.8 Å². The second-order valence-electron chi connectivity index (χ2n) is 6.10. The van der Waals surface area contributed by atoms with Gasteiger partial charge in [-0.15, -0.1) is 0 Å². The maximum absolute atomic E-state index is 13.2. The number of benzene rings is 1. The lowest BCUT2D eigenvalue weighted by Crippen LogP contribution is -2.33. The van der Waals surface area contributed by atoms with Gasteiger partial charge in [0, 0.05) is 13.1 Å². The highest BCUT2D eigenvalue weighted by Crippen LogP contribution is 2.59. The number of nitrogens with zero attached hydrogens (tertiary/aromatic N) is 1. The third-order valence-electron chi connectivity index (χ3n) is 4.32. The van der Waals surface area contributed by atoms with Crippen molar-refractivity contribution in [3.05, 3.63) is 35.6 Å². The molecule has 0 spiro atoms. The first-order chi connectivity index (χ1) is 9.78. The summed E-state index contributed by atoms with van der Waals surface area (Å²) in [6.45, 7) is 6.19. The van der Waals surface area contributed by atoms with Gasteiger partial charge in [0.2, 0.25) is 5.91 Å². The highest BCUT2D eigenvalue weighted by molar-refractivity contribution is 5.91. The average molecular weight is 293 g/mol. The molecule has 1 N–H and O–H groups in total. The van der Waals surface area contributed by atoms with Crippen LogP contribution in [0.5, 0.6) is 0 Å². The first kappa shape index (κ1) is 15.5. The largest absolute Gasteiger partial charge is 0.481 e. The molecule has 1 aliphatic carbocycles. The first-order valence-electron chi connectivity index (χ1n) is 7.05. The summed E-state index contributed by atoms with van der Waals surface area (Å²) in [5.41, 5.74) is 0.189. The Kier molecular flexibility index (Phi) is 4.03. The number of hydrogen-bond donors (Lipinski definition) is 1. The number of rotatable bonds is 5. The molecular weight excluding hydrogens is 273 g/mol. The normalized spacial score (nSPS) is 22.7. The Bertz CT molecular complexity index is 570. The van der Waals surface area contributed by atoms with E-state index in [4.69, 9.17) is 5.11 Å². The Morgan fingerprint density at radius 2 is 2.00 bits per heavy atom. The predicted molar refractivity (Wildman–Crippen MR) is 75.9 cm³/mol. The highest BCUT2D eigenvalue weighted by atomic mass is 19.1. The molecule has 5 heteroatoms. The summed E-state index contributed by atoms with van der Waals surface area (Å²) in [6.07, 6.45) is 0. The lowest BCUT2D eigenvalue weighted by Gasteiger charge is -2.22. The van der Waals surface area contributed by atoms with Gasteiger partial charge in [-0.1, -0.05) is 26.0 Å². The molecule has 1 aliphatic rings. The van der Waals surface area contributed by atoms with Gasteiger partial charge >= 0.3 is 5.97 Å². The Hall–Kier alpha value is -1.91. The quantitative estimate of drug-likeness (QED) is 0.907. The van der Waals surface area contributed by atoms with E-state index in [2.05, 4.69) is 0 Å². The lowest BCUT2D eigenvalue weighted by molar-refractivity contribution is -0.142. The predicted octanol–water partition coefficient (Wildman–Crippen LogP) is 2.53. The number of carboxylic acids is 1. The van der Waals surface area contributed by atoms with E-state index in [0.717, 1.165) is 0 Å². The number of carbonyl (C=O) groups excluding carboxylic acids is 1. The van der Waals surface area contributed by atoms with Crippen LogP contribution in [0.2, 0.25) is 0 Å². The van der Waals surface area contributed by atoms with Crippen molar-refractivity contribution in [1.29, 1.82) is 0 Å². The zero-order valence-corrected chi connectivity index (χ0v) is 12.5. The standard InChI is InChI=1S/C16H20FNO3/c1-4-18(9-10-6-5-7-11(17)8-10)14(19)12-13(15(20)21)16(12,2)3/h5-8,12-13H,4,9H2,1-3H3,(H,20,21)/t12-,13+/m1/s1. The van der Waals surface area contributed by atoms with Gasteiger partial charge in [-0.25, -0.2) is 4.39 Å². The number of aliphatic carboxylic acids is 1. The molecule has 0 aliphatic heterocycles. The second-order valence-corrected chi connectivity index (χ2v) is 6.10. The summed E-state index contributed by atoms with van der Waals surface area (Å²) >= 11 is 0. The highest BCUT2D eigenvalue weighted by Gasteiger charge is 2.66. The maximum Gasteiger partial charge on any atom is 0.307 e. The van der Waals surface area contributed by atoms with Crippen molar-refractivity contribution in [2.75, 3.05) is 6.54 Å². The summed E-state index contributed by atoms with van der Waals surface area (Å²) in [5, 5.41) is 9.17. The van der Waals surface area contributed by atoms with Gasteiger partial charge in [0.1, 0.15) is 5.82 Å². The van der Waals surface area contributed by atoms with E-state index in [-0.39, 0.29) is 11.7 Å². The van der Waals surface area contributed by atoms with Crippen LogP contribution in [0.15, 0.2) is 24.3 Å². The summed E-state index contributed by atoms with van der Waals surface area (Å²) in [4.78, 5) is 25.3. The molecule has 0 saturated heterocycles. The van der Waals surface area contributed by atoms with Crippen LogP contribution < -0.4 is 0 Å². The number of carbonyl (C=O) groups is 2. The Morgan fingerprint density at radius 1 is 1.33 bits per heavy atom. The fourth-order valence-corrected chi connectivity index (χ4v) is 2.96. The minimum absolute atomic E-state index is 0.167. The zero-order chi connectivity index (χ0) is 15.8. The maximum atomic E-state index is 13.2. The SMILES string of the molecule is CCN(Cc1cccc(F)c1)C(=O)[C@H]1[C@@H](C(=O)O)C1(C)C. The van der Waals surface area contributed by atoms with Crippen molar-refractivity contribution < 1.29 is 19.1 Å². The Morgan fingerprint density at radius 3 is 2.48 bits per heavy atom. The van der Waals surface area contributed by atoms with Crippen LogP contribution in [-0.2, 0) is 16.1 Å². The first-order valence-corrected chi connectivity index (χ1v) is 7.05. The molecule has 1 aromatic rings. The molecule has 0 bridgehead atoms. The molecule has 21 heavy (non-hydrogen) atoms. The van der Waals surface area contributed by atoms with Crippen LogP contribution in [0.3, 0.4) is 0 Å². The molecule has 0 unspecified atom stereocenters. The van der Waals surface area contributed by atoms with Gasteiger partial charge in [0.25, 0.3) is 0 Å². The van der Waals surface area contributed by atoms with Crippen molar-refractivity contribution in [3.8, 4) is 0 Å². The fourth-order valence-electron chi connectivity index (χ4n) is 2.96. The van der Waals surface area contributed by atoms with E-state index in [1.807, 2.05) is 6.92 Å². The van der Waals surface area contributed by atoms with E-state index in [0.29, 0.717) is 18.7 Å². The molecule has 0 radical (unpaired) electrons. The number of carboxylic acid groups (broad SMARTS) is 1. The number of amides is 1. The van der Waals surface area contributed by atoms with Crippen molar-refractivity contribution in [2.45, 2.75) is 27.3 Å². The minimum Gasteiger partial charge on any atom is -0.481 e. The topological polar surface area (TPSA) is 57.6 Å². The Labute approximate surface area is 123 Å². The molecule has 0 heterocycles. The molecule has 2 atom stereocenters. The van der Waals surface area contributed by atoms with Gasteiger partial charge < -0.3 is 10.0 Å². The van der Waals surface area contributed by atoms with Crippen LogP contribution in [0.4, 0.5) is 4.39 Å². The monoisotopic (exact) mass is 293 g/mol. The van der Waals surface area contributed by atoms with Crippen molar-refractivity contribution in [2.24, 2.45) is 17.3 Å². The molecule has 4 nitrogen and oxygen atoms in total. The van der Waals surface area contributed by atoms with Crippen molar-refractivity contribution in [1.82, 2.24) is 4.90 Å². The third kappa shape index (κ3) is 2.91. The molecule has 2 rings (SSSR count). The average Bonchev–Trinajstić information content (AvgIpc) is 2.98. The van der Waals surface area contributed by atoms with Gasteiger partial charge in [0.15, 0.2) is 0 Å². The van der Waals surface area contributed by atoms with E-state index in [1.165, 1.54) is 12.1 Å². The van der Waals surface area contributed by atoms with E-state index in [1.54, 1.807) is 30.9 Å². The summed E-state index contributed by atoms with van der Waals surface area (Å²) in [7, 11) is 0. The van der Waals surface area contributed by atoms with Crippen LogP contribution in [0.25, 0.3) is 0 Å². The van der Waals surface area contributed by atoms with Crippen LogP contribution >= 0.6 is 0 Å². The summed E-state index contributed by atoms with van der Waals surface area (Å²) in [6, 6.07) is 6.10. The third-order valence-corrected chi connectivity index (χ3v) is 4.32. The van der Waals surface area contributed by atoms with Crippen molar-refractivity contribution in [3.63, 3.8) is 0 Å².